The summed E-state index contributed by atoms with van der Waals surface area (Å²) in [5.41, 5.74) is 1.22. The largest absolute Gasteiger partial charge is 0.351 e. The van der Waals surface area contributed by atoms with E-state index < -0.39 is 29.4 Å². The maximum atomic E-state index is 13.5. The fraction of sp³-hybridized carbons (Fsp3) is 0.667. The van der Waals surface area contributed by atoms with E-state index in [-0.39, 0.29) is 36.1 Å². The molecule has 8 nitrogen and oxygen atoms in total. The Hall–Kier alpha value is -2.20. The third kappa shape index (κ3) is 11.4. The second-order valence-corrected chi connectivity index (χ2v) is 13.9. The van der Waals surface area contributed by atoms with Gasteiger partial charge in [-0.25, -0.2) is 0 Å². The van der Waals surface area contributed by atoms with Crippen molar-refractivity contribution in [3.05, 3.63) is 35.4 Å². The van der Waals surface area contributed by atoms with Gasteiger partial charge in [-0.15, -0.1) is 0 Å². The summed E-state index contributed by atoms with van der Waals surface area (Å²) in [6.07, 6.45) is 1.40. The molecular formula is C30H48N4O4S2. The number of rotatable bonds is 4. The van der Waals surface area contributed by atoms with Crippen LogP contribution in [0.15, 0.2) is 24.3 Å². The smallest absolute Gasteiger partial charge is 0.245 e. The van der Waals surface area contributed by atoms with Crippen molar-refractivity contribution in [3.63, 3.8) is 0 Å². The number of fused-ring (bicyclic) bond motifs is 2. The first-order chi connectivity index (χ1) is 18.8. The molecule has 0 saturated carbocycles. The maximum Gasteiger partial charge on any atom is 0.245 e. The molecule has 4 N–H and O–H groups in total. The van der Waals surface area contributed by atoms with Gasteiger partial charge in [-0.1, -0.05) is 58.4 Å². The SMILES string of the molecule is CC[C@H](C)[C@@H]1NC(=O)[C@H](CC(C)C)NC(=O)C(C)(C)NC(=O)CCSCc2cccc(c2)CSC[C@@H](C)NC1=O. The van der Waals surface area contributed by atoms with E-state index in [4.69, 9.17) is 0 Å². The molecule has 0 aromatic heterocycles. The summed E-state index contributed by atoms with van der Waals surface area (Å²) in [5, 5.41) is 11.7. The molecule has 0 saturated heterocycles. The molecule has 1 heterocycles. The van der Waals surface area contributed by atoms with E-state index in [2.05, 4.69) is 45.5 Å². The molecule has 2 rings (SSSR count). The van der Waals surface area contributed by atoms with Crippen LogP contribution in [-0.4, -0.2) is 58.8 Å². The van der Waals surface area contributed by atoms with Gasteiger partial charge in [0.15, 0.2) is 0 Å². The Bertz CT molecular complexity index is 1020. The Morgan fingerprint density at radius 3 is 2.23 bits per heavy atom. The highest BCUT2D eigenvalue weighted by Crippen LogP contribution is 2.19. The third-order valence-corrected chi connectivity index (χ3v) is 9.20. The molecule has 1 aromatic rings. The summed E-state index contributed by atoms with van der Waals surface area (Å²) in [5.74, 6) is 1.75. The van der Waals surface area contributed by atoms with Crippen molar-refractivity contribution < 1.29 is 19.2 Å². The summed E-state index contributed by atoms with van der Waals surface area (Å²) in [4.78, 5) is 52.7. The van der Waals surface area contributed by atoms with Gasteiger partial charge in [0, 0.05) is 35.5 Å². The molecule has 0 fully saturated rings. The molecule has 4 atom stereocenters. The highest BCUT2D eigenvalue weighted by atomic mass is 32.2. The average Bonchev–Trinajstić information content (AvgIpc) is 2.87. The zero-order valence-corrected chi connectivity index (χ0v) is 26.7. The van der Waals surface area contributed by atoms with Crippen LogP contribution < -0.4 is 21.3 Å². The monoisotopic (exact) mass is 592 g/mol. The van der Waals surface area contributed by atoms with Crippen LogP contribution in [0.2, 0.25) is 0 Å². The number of hydrogen-bond acceptors (Lipinski definition) is 6. The van der Waals surface area contributed by atoms with Crippen molar-refractivity contribution in [1.82, 2.24) is 21.3 Å². The van der Waals surface area contributed by atoms with Crippen LogP contribution in [0.3, 0.4) is 0 Å². The number of carbonyl (C=O) groups excluding carboxylic acids is 4. The number of nitrogens with one attached hydrogen (secondary N) is 4. The first-order valence-corrected chi connectivity index (χ1v) is 16.6. The van der Waals surface area contributed by atoms with E-state index in [9.17, 15) is 19.2 Å². The fourth-order valence-corrected chi connectivity index (χ4v) is 6.22. The Kier molecular flexibility index (Phi) is 13.9. The molecule has 1 aliphatic heterocycles. The van der Waals surface area contributed by atoms with Crippen LogP contribution in [0.1, 0.15) is 78.9 Å². The molecule has 0 aliphatic carbocycles. The lowest BCUT2D eigenvalue weighted by Crippen LogP contribution is -2.61. The van der Waals surface area contributed by atoms with Crippen molar-refractivity contribution in [2.75, 3.05) is 11.5 Å². The van der Waals surface area contributed by atoms with Crippen LogP contribution in [0.5, 0.6) is 0 Å². The number of amides is 4. The van der Waals surface area contributed by atoms with E-state index in [1.807, 2.05) is 34.6 Å². The van der Waals surface area contributed by atoms with Gasteiger partial charge in [-0.3, -0.25) is 19.2 Å². The zero-order chi connectivity index (χ0) is 29.9. The Morgan fingerprint density at radius 1 is 0.950 bits per heavy atom. The minimum atomic E-state index is -1.21. The van der Waals surface area contributed by atoms with Crippen LogP contribution in [0.25, 0.3) is 0 Å². The number of benzene rings is 1. The standard InChI is InChI=1S/C30H48N4O4S2/c1-8-20(4)26-28(37)31-21(5)16-40-18-23-11-9-10-22(15-23)17-39-13-12-25(35)34-30(6,7)29(38)32-24(14-19(2)3)27(36)33-26/h9-11,15,19-21,24,26H,8,12-14,16-18H2,1-7H3,(H,31,37)(H,32,38)(H,33,36)(H,34,35)/t20-,21+,24-,26-/m0/s1. The molecule has 2 bridgehead atoms. The highest BCUT2D eigenvalue weighted by molar-refractivity contribution is 7.98. The third-order valence-electron chi connectivity index (χ3n) is 6.90. The van der Waals surface area contributed by atoms with Crippen molar-refractivity contribution in [2.24, 2.45) is 11.8 Å². The summed E-state index contributed by atoms with van der Waals surface area (Å²) in [6, 6.07) is 6.79. The molecule has 1 aliphatic rings. The molecule has 40 heavy (non-hydrogen) atoms. The van der Waals surface area contributed by atoms with Gasteiger partial charge in [0.1, 0.15) is 17.6 Å². The van der Waals surface area contributed by atoms with Crippen molar-refractivity contribution in [3.8, 4) is 0 Å². The van der Waals surface area contributed by atoms with E-state index in [0.29, 0.717) is 18.6 Å². The van der Waals surface area contributed by atoms with Crippen molar-refractivity contribution in [1.29, 1.82) is 0 Å². The molecule has 1 aromatic carbocycles. The van der Waals surface area contributed by atoms with Gasteiger partial charge in [-0.2, -0.15) is 23.5 Å². The van der Waals surface area contributed by atoms with E-state index in [1.54, 1.807) is 37.4 Å². The molecule has 224 valence electrons. The molecule has 0 unspecified atom stereocenters. The van der Waals surface area contributed by atoms with Crippen LogP contribution >= 0.6 is 23.5 Å². The van der Waals surface area contributed by atoms with E-state index in [0.717, 1.165) is 17.3 Å². The summed E-state index contributed by atoms with van der Waals surface area (Å²) >= 11 is 3.43. The Morgan fingerprint density at radius 2 is 1.60 bits per heavy atom. The molecule has 0 spiro atoms. The quantitative estimate of drug-likeness (QED) is 0.420. The summed E-state index contributed by atoms with van der Waals surface area (Å²) < 4.78 is 0. The number of thioether (sulfide) groups is 2. The highest BCUT2D eigenvalue weighted by Gasteiger charge is 2.35. The van der Waals surface area contributed by atoms with Gasteiger partial charge < -0.3 is 21.3 Å². The van der Waals surface area contributed by atoms with Crippen molar-refractivity contribution in [2.45, 2.75) is 103 Å². The maximum absolute atomic E-state index is 13.5. The second kappa shape index (κ2) is 16.3. The second-order valence-electron chi connectivity index (χ2n) is 11.7. The number of hydrogen-bond donors (Lipinski definition) is 4. The van der Waals surface area contributed by atoms with Gasteiger partial charge in [-0.05, 0) is 50.2 Å². The Balaban J connectivity index is 2.29. The van der Waals surface area contributed by atoms with Gasteiger partial charge in [0.2, 0.25) is 23.6 Å². The first kappa shape index (κ1) is 34.0. The van der Waals surface area contributed by atoms with Crippen LogP contribution in [0.4, 0.5) is 0 Å². The predicted molar refractivity (Wildman–Crippen MR) is 166 cm³/mol. The van der Waals surface area contributed by atoms with Gasteiger partial charge in [0.05, 0.1) is 0 Å². The van der Waals surface area contributed by atoms with Crippen LogP contribution in [0, 0.1) is 11.8 Å². The topological polar surface area (TPSA) is 116 Å². The van der Waals surface area contributed by atoms with Crippen LogP contribution in [-0.2, 0) is 30.7 Å². The fourth-order valence-electron chi connectivity index (χ4n) is 4.36. The van der Waals surface area contributed by atoms with Crippen molar-refractivity contribution >= 4 is 47.2 Å². The lowest BCUT2D eigenvalue weighted by molar-refractivity contribution is -0.136. The zero-order valence-electron chi connectivity index (χ0n) is 25.1. The normalized spacial score (nSPS) is 24.9. The predicted octanol–water partition coefficient (Wildman–Crippen LogP) is 4.02. The molecule has 4 amide bonds. The lowest BCUT2D eigenvalue weighted by atomic mass is 9.96. The number of carbonyl (C=O) groups is 4. The summed E-state index contributed by atoms with van der Waals surface area (Å²) in [7, 11) is 0. The average molecular weight is 593 g/mol. The van der Waals surface area contributed by atoms with Gasteiger partial charge in [0.25, 0.3) is 0 Å². The van der Waals surface area contributed by atoms with E-state index >= 15 is 0 Å². The minimum absolute atomic E-state index is 0.0758. The lowest BCUT2D eigenvalue weighted by Gasteiger charge is -2.31. The minimum Gasteiger partial charge on any atom is -0.351 e. The molecule has 10 heteroatoms. The summed E-state index contributed by atoms with van der Waals surface area (Å²) in [6.45, 7) is 13.1. The van der Waals surface area contributed by atoms with E-state index in [1.165, 1.54) is 11.1 Å². The molecular weight excluding hydrogens is 544 g/mol. The van der Waals surface area contributed by atoms with Gasteiger partial charge >= 0.3 is 0 Å². The first-order valence-electron chi connectivity index (χ1n) is 14.3. The Labute approximate surface area is 248 Å². The molecule has 0 radical (unpaired) electrons.